The highest BCUT2D eigenvalue weighted by atomic mass is 35.5. The van der Waals surface area contributed by atoms with Gasteiger partial charge in [0.25, 0.3) is 5.91 Å². The highest BCUT2D eigenvalue weighted by Crippen LogP contribution is 2.34. The standard InChI is InChI=1S/C25H24ClF2N5O2/c1-13-8-19(24-29-12-30-33(24)4)17-6-5-7-22(23(17)31-13)35-11-20-18(9-16(28)10-21(20)26)15(3)32-25(34)14(2)27/h5-10,12,14-15H,11H2,1-4H3,(H,32,34)/t14?,15-/m0/s1/i15D. The molecule has 2 aromatic carbocycles. The van der Waals surface area contributed by atoms with E-state index in [2.05, 4.69) is 20.4 Å². The molecule has 0 saturated carbocycles. The van der Waals surface area contributed by atoms with Gasteiger partial charge in [-0.05, 0) is 50.6 Å². The van der Waals surface area contributed by atoms with Crippen molar-refractivity contribution < 1.29 is 19.7 Å². The monoisotopic (exact) mass is 500 g/mol. The summed E-state index contributed by atoms with van der Waals surface area (Å²) in [5, 5.41) is 7.22. The van der Waals surface area contributed by atoms with Crippen molar-refractivity contribution in [3.05, 3.63) is 70.4 Å². The smallest absolute Gasteiger partial charge is 0.254 e. The summed E-state index contributed by atoms with van der Waals surface area (Å²) in [7, 11) is 1.79. The van der Waals surface area contributed by atoms with Gasteiger partial charge in [0.2, 0.25) is 0 Å². The molecule has 35 heavy (non-hydrogen) atoms. The summed E-state index contributed by atoms with van der Waals surface area (Å²) in [4.78, 5) is 20.9. The van der Waals surface area contributed by atoms with Crippen LogP contribution < -0.4 is 10.1 Å². The van der Waals surface area contributed by atoms with Gasteiger partial charge in [0, 0.05) is 29.3 Å². The van der Waals surface area contributed by atoms with Crippen LogP contribution in [0.4, 0.5) is 8.78 Å². The number of nitrogens with one attached hydrogen (secondary N) is 1. The zero-order chi connectivity index (χ0) is 26.2. The van der Waals surface area contributed by atoms with Crippen LogP contribution in [0.5, 0.6) is 5.75 Å². The zero-order valence-electron chi connectivity index (χ0n) is 20.6. The summed E-state index contributed by atoms with van der Waals surface area (Å²) in [6, 6.07) is 7.65. The lowest BCUT2D eigenvalue weighted by molar-refractivity contribution is -0.126. The number of benzene rings is 2. The number of aryl methyl sites for hydroxylation is 2. The van der Waals surface area contributed by atoms with Gasteiger partial charge in [-0.15, -0.1) is 0 Å². The quantitative estimate of drug-likeness (QED) is 0.375. The molecular formula is C25H24ClF2N5O2. The van der Waals surface area contributed by atoms with Gasteiger partial charge < -0.3 is 10.1 Å². The van der Waals surface area contributed by atoms with Crippen LogP contribution in [-0.4, -0.2) is 31.8 Å². The molecule has 2 heterocycles. The van der Waals surface area contributed by atoms with Crippen LogP contribution in [0.2, 0.25) is 5.02 Å². The Morgan fingerprint density at radius 3 is 2.77 bits per heavy atom. The Morgan fingerprint density at radius 1 is 1.31 bits per heavy atom. The molecule has 2 atom stereocenters. The Kier molecular flexibility index (Phi) is 6.59. The molecule has 0 spiro atoms. The third-order valence-electron chi connectivity index (χ3n) is 5.49. The predicted molar refractivity (Wildman–Crippen MR) is 129 cm³/mol. The van der Waals surface area contributed by atoms with Gasteiger partial charge in [0.05, 0.1) is 12.4 Å². The van der Waals surface area contributed by atoms with E-state index in [4.69, 9.17) is 17.7 Å². The van der Waals surface area contributed by atoms with Crippen LogP contribution in [0.1, 0.15) is 38.1 Å². The molecule has 0 aliphatic carbocycles. The zero-order valence-corrected chi connectivity index (χ0v) is 20.3. The van der Waals surface area contributed by atoms with Crippen LogP contribution in [0.3, 0.4) is 0 Å². The lowest BCUT2D eigenvalue weighted by atomic mass is 10.0. The topological polar surface area (TPSA) is 81.9 Å². The molecule has 182 valence electrons. The second-order valence-corrected chi connectivity index (χ2v) is 8.51. The second kappa shape index (κ2) is 9.95. The fraction of sp³-hybridized carbons (Fsp3) is 0.280. The van der Waals surface area contributed by atoms with Gasteiger partial charge in [-0.2, -0.15) is 5.10 Å². The maximum absolute atomic E-state index is 14.2. The normalized spacial score (nSPS) is 14.3. The summed E-state index contributed by atoms with van der Waals surface area (Å²) in [5.74, 6) is -0.603. The molecule has 0 bridgehead atoms. The van der Waals surface area contributed by atoms with Crippen molar-refractivity contribution in [3.8, 4) is 17.1 Å². The van der Waals surface area contributed by atoms with Crippen molar-refractivity contribution in [2.24, 2.45) is 7.05 Å². The van der Waals surface area contributed by atoms with E-state index in [0.29, 0.717) is 17.1 Å². The molecule has 10 heteroatoms. The molecule has 2 aromatic heterocycles. The summed E-state index contributed by atoms with van der Waals surface area (Å²) >= 11 is 6.34. The number of halogens is 3. The van der Waals surface area contributed by atoms with Crippen LogP contribution in [0.15, 0.2) is 42.7 Å². The van der Waals surface area contributed by atoms with Crippen molar-refractivity contribution >= 4 is 28.4 Å². The number of rotatable bonds is 7. The van der Waals surface area contributed by atoms with Crippen molar-refractivity contribution in [2.75, 3.05) is 0 Å². The number of para-hydroxylation sites is 1. The Morgan fingerprint density at radius 2 is 2.09 bits per heavy atom. The molecule has 0 aliphatic heterocycles. The average molecular weight is 501 g/mol. The largest absolute Gasteiger partial charge is 0.487 e. The Labute approximate surface area is 207 Å². The number of carbonyl (C=O) groups excluding carboxylic acids is 1. The molecule has 4 rings (SSSR count). The second-order valence-electron chi connectivity index (χ2n) is 8.10. The summed E-state index contributed by atoms with van der Waals surface area (Å²) in [5.41, 5.74) is 2.46. The predicted octanol–water partition coefficient (Wildman–Crippen LogP) is 5.25. The lowest BCUT2D eigenvalue weighted by Crippen LogP contribution is -2.33. The molecule has 1 unspecified atom stereocenters. The minimum atomic E-state index is -1.87. The van der Waals surface area contributed by atoms with Crippen LogP contribution in [0, 0.1) is 12.7 Å². The van der Waals surface area contributed by atoms with Crippen molar-refractivity contribution in [1.82, 2.24) is 25.1 Å². The molecule has 1 N–H and O–H groups in total. The Balaban J connectivity index is 1.74. The molecule has 0 saturated heterocycles. The third kappa shape index (κ3) is 5.09. The van der Waals surface area contributed by atoms with Gasteiger partial charge >= 0.3 is 0 Å². The van der Waals surface area contributed by atoms with Gasteiger partial charge in [0.1, 0.15) is 30.0 Å². The first-order valence-corrected chi connectivity index (χ1v) is 11.2. The molecule has 1 amide bonds. The van der Waals surface area contributed by atoms with E-state index in [1.165, 1.54) is 13.3 Å². The highest BCUT2D eigenvalue weighted by Gasteiger charge is 2.21. The number of aromatic nitrogens is 4. The van der Waals surface area contributed by atoms with Crippen LogP contribution >= 0.6 is 11.6 Å². The molecule has 0 fully saturated rings. The lowest BCUT2D eigenvalue weighted by Gasteiger charge is -2.20. The van der Waals surface area contributed by atoms with E-state index < -0.39 is 23.9 Å². The van der Waals surface area contributed by atoms with E-state index in [9.17, 15) is 13.6 Å². The number of carbonyl (C=O) groups is 1. The maximum atomic E-state index is 14.2. The van der Waals surface area contributed by atoms with E-state index in [1.807, 2.05) is 19.1 Å². The number of nitrogens with zero attached hydrogens (tertiary/aromatic N) is 4. The SMILES string of the molecule is [2H][C@@](C)(NC(=O)C(C)F)c1cc(F)cc(Cl)c1COc1cccc2c(-c3ncnn3C)cc(C)nc12. The summed E-state index contributed by atoms with van der Waals surface area (Å²) in [6.07, 6.45) is -0.373. The molecule has 4 aromatic rings. The Hall–Kier alpha value is -3.59. The third-order valence-corrected chi connectivity index (χ3v) is 5.83. The first-order valence-electron chi connectivity index (χ1n) is 11.3. The fourth-order valence-electron chi connectivity index (χ4n) is 3.78. The average Bonchev–Trinajstić information content (AvgIpc) is 3.22. The molecule has 7 nitrogen and oxygen atoms in total. The number of fused-ring (bicyclic) bond motifs is 1. The van der Waals surface area contributed by atoms with Crippen molar-refractivity contribution in [2.45, 2.75) is 39.6 Å². The van der Waals surface area contributed by atoms with E-state index in [1.54, 1.807) is 23.9 Å². The number of pyridine rings is 1. The minimum Gasteiger partial charge on any atom is -0.487 e. The Bertz CT molecular complexity index is 1460. The maximum Gasteiger partial charge on any atom is 0.254 e. The summed E-state index contributed by atoms with van der Waals surface area (Å²) in [6.45, 7) is 4.07. The fourth-order valence-corrected chi connectivity index (χ4v) is 4.04. The first kappa shape index (κ1) is 23.2. The van der Waals surface area contributed by atoms with E-state index >= 15 is 0 Å². The molecule has 0 aliphatic rings. The number of amides is 1. The van der Waals surface area contributed by atoms with Gasteiger partial charge in [0.15, 0.2) is 12.0 Å². The number of hydrogen-bond acceptors (Lipinski definition) is 5. The number of hydrogen-bond donors (Lipinski definition) is 1. The van der Waals surface area contributed by atoms with Crippen molar-refractivity contribution in [3.63, 3.8) is 0 Å². The highest BCUT2D eigenvalue weighted by molar-refractivity contribution is 6.31. The first-order chi connectivity index (χ1) is 17.0. The van der Waals surface area contributed by atoms with Gasteiger partial charge in [-0.3, -0.25) is 4.79 Å². The number of alkyl halides is 1. The summed E-state index contributed by atoms with van der Waals surface area (Å²) < 4.78 is 44.1. The van der Waals surface area contributed by atoms with Gasteiger partial charge in [-0.25, -0.2) is 23.4 Å². The minimum absolute atomic E-state index is 0.00942. The van der Waals surface area contributed by atoms with E-state index in [-0.39, 0.29) is 22.8 Å². The number of ether oxygens (including phenoxy) is 1. The molecule has 0 radical (unpaired) electrons. The van der Waals surface area contributed by atoms with Gasteiger partial charge in [-0.1, -0.05) is 23.7 Å². The molecular weight excluding hydrogens is 476 g/mol. The van der Waals surface area contributed by atoms with Crippen molar-refractivity contribution in [1.29, 1.82) is 0 Å². The van der Waals surface area contributed by atoms with Crippen LogP contribution in [0.25, 0.3) is 22.3 Å². The van der Waals surface area contributed by atoms with E-state index in [0.717, 1.165) is 35.7 Å². The van der Waals surface area contributed by atoms with Crippen LogP contribution in [-0.2, 0) is 18.4 Å².